The number of para-hydroxylation sites is 1. The Labute approximate surface area is 171 Å². The van der Waals surface area contributed by atoms with Gasteiger partial charge in [-0.25, -0.2) is 4.98 Å². The molecule has 0 bridgehead atoms. The van der Waals surface area contributed by atoms with E-state index in [1.807, 2.05) is 13.0 Å². The van der Waals surface area contributed by atoms with E-state index in [9.17, 15) is 9.59 Å². The van der Waals surface area contributed by atoms with Crippen LogP contribution in [0.5, 0.6) is 0 Å². The minimum Gasteiger partial charge on any atom is -0.459 e. The maximum absolute atomic E-state index is 12.8. The molecular formula is C21H21N5O4. The fourth-order valence-electron chi connectivity index (χ4n) is 3.18. The van der Waals surface area contributed by atoms with Gasteiger partial charge in [0.25, 0.3) is 11.4 Å². The second kappa shape index (κ2) is 8.73. The van der Waals surface area contributed by atoms with Crippen LogP contribution in [0.1, 0.15) is 31.5 Å². The van der Waals surface area contributed by atoms with E-state index in [0.29, 0.717) is 41.3 Å². The average molecular weight is 407 g/mol. The summed E-state index contributed by atoms with van der Waals surface area (Å²) in [6.45, 7) is 2.76. The van der Waals surface area contributed by atoms with E-state index in [1.165, 1.54) is 6.26 Å². The predicted molar refractivity (Wildman–Crippen MR) is 108 cm³/mol. The Bertz CT molecular complexity index is 1200. The highest BCUT2D eigenvalue weighted by Crippen LogP contribution is 2.19. The number of fused-ring (bicyclic) bond motifs is 1. The Balaban J connectivity index is 1.43. The highest BCUT2D eigenvalue weighted by molar-refractivity contribution is 5.78. The second-order valence-corrected chi connectivity index (χ2v) is 6.82. The van der Waals surface area contributed by atoms with Gasteiger partial charge >= 0.3 is 0 Å². The number of aromatic nitrogens is 4. The monoisotopic (exact) mass is 407 g/mol. The molecule has 1 amide bonds. The van der Waals surface area contributed by atoms with Crippen molar-refractivity contribution in [3.63, 3.8) is 0 Å². The number of amides is 1. The first-order chi connectivity index (χ1) is 14.6. The molecule has 0 saturated heterocycles. The summed E-state index contributed by atoms with van der Waals surface area (Å²) in [5, 5.41) is 8.51. The van der Waals surface area contributed by atoms with E-state index in [0.717, 1.165) is 6.42 Å². The zero-order chi connectivity index (χ0) is 20.9. The minimum absolute atomic E-state index is 0.0783. The molecule has 3 aromatic heterocycles. The van der Waals surface area contributed by atoms with Crippen LogP contribution in [0.15, 0.2) is 56.3 Å². The molecule has 30 heavy (non-hydrogen) atoms. The molecule has 154 valence electrons. The zero-order valence-corrected chi connectivity index (χ0v) is 16.5. The Hall–Kier alpha value is -3.75. The summed E-state index contributed by atoms with van der Waals surface area (Å²) in [5.41, 5.74) is 0.412. The summed E-state index contributed by atoms with van der Waals surface area (Å²) in [7, 11) is 0. The molecule has 4 rings (SSSR count). The summed E-state index contributed by atoms with van der Waals surface area (Å²) in [6, 6.07) is 10.6. The van der Waals surface area contributed by atoms with Gasteiger partial charge in [0.15, 0.2) is 5.76 Å². The molecule has 9 nitrogen and oxygen atoms in total. The predicted octanol–water partition coefficient (Wildman–Crippen LogP) is 2.94. The number of nitrogens with zero attached hydrogens (tertiary/aromatic N) is 4. The summed E-state index contributed by atoms with van der Waals surface area (Å²) >= 11 is 0. The molecule has 0 aliphatic heterocycles. The molecule has 0 spiro atoms. The lowest BCUT2D eigenvalue weighted by Gasteiger charge is -2.20. The van der Waals surface area contributed by atoms with Gasteiger partial charge < -0.3 is 18.7 Å². The summed E-state index contributed by atoms with van der Waals surface area (Å²) in [6.07, 6.45) is 2.86. The van der Waals surface area contributed by atoms with Crippen LogP contribution in [0.25, 0.3) is 22.6 Å². The molecule has 4 aromatic rings. The number of furan rings is 1. The maximum Gasteiger partial charge on any atom is 0.283 e. The largest absolute Gasteiger partial charge is 0.459 e. The molecule has 0 saturated carbocycles. The number of benzene rings is 1. The van der Waals surface area contributed by atoms with Crippen molar-refractivity contribution in [2.45, 2.75) is 32.7 Å². The van der Waals surface area contributed by atoms with Gasteiger partial charge in [0.1, 0.15) is 5.82 Å². The molecule has 0 aliphatic carbocycles. The lowest BCUT2D eigenvalue weighted by molar-refractivity contribution is -0.132. The van der Waals surface area contributed by atoms with Crippen LogP contribution in [-0.4, -0.2) is 37.5 Å². The van der Waals surface area contributed by atoms with Gasteiger partial charge in [-0.05, 0) is 30.7 Å². The molecular weight excluding hydrogens is 386 g/mol. The van der Waals surface area contributed by atoms with Gasteiger partial charge in [-0.15, -0.1) is 10.2 Å². The number of rotatable bonds is 8. The van der Waals surface area contributed by atoms with Gasteiger partial charge in [-0.3, -0.25) is 9.59 Å². The average Bonchev–Trinajstić information content (AvgIpc) is 3.44. The van der Waals surface area contributed by atoms with Crippen LogP contribution in [0.2, 0.25) is 0 Å². The van der Waals surface area contributed by atoms with E-state index in [2.05, 4.69) is 20.2 Å². The van der Waals surface area contributed by atoms with Crippen LogP contribution >= 0.6 is 0 Å². The molecule has 1 aromatic carbocycles. The summed E-state index contributed by atoms with van der Waals surface area (Å²) < 4.78 is 10.9. The van der Waals surface area contributed by atoms with E-state index >= 15 is 0 Å². The fourth-order valence-corrected chi connectivity index (χ4v) is 3.18. The fraction of sp³-hybridized carbons (Fsp3) is 0.286. The van der Waals surface area contributed by atoms with Crippen molar-refractivity contribution in [1.29, 1.82) is 0 Å². The number of carbonyl (C=O) groups is 1. The van der Waals surface area contributed by atoms with E-state index in [-0.39, 0.29) is 30.3 Å². The number of aromatic amines is 1. The Kier molecular flexibility index (Phi) is 5.69. The lowest BCUT2D eigenvalue weighted by atomic mass is 10.2. The SMILES string of the molecule is CCCN(Cc1nnc(-c2ccco2)o1)C(=O)CCc1nc2ccccc2c(=O)[nH]1. The van der Waals surface area contributed by atoms with E-state index in [1.54, 1.807) is 35.2 Å². The second-order valence-electron chi connectivity index (χ2n) is 6.82. The molecule has 1 N–H and O–H groups in total. The molecule has 3 heterocycles. The number of aryl methyl sites for hydroxylation is 1. The summed E-state index contributed by atoms with van der Waals surface area (Å²) in [4.78, 5) is 33.9. The van der Waals surface area contributed by atoms with Crippen LogP contribution in [-0.2, 0) is 17.8 Å². The standard InChI is InChI=1S/C21H21N5O4/c1-2-11-26(13-18-24-25-21(30-18)16-8-5-12-29-16)19(27)10-9-17-22-15-7-4-3-6-14(15)20(28)23-17/h3-8,12H,2,9-11,13H2,1H3,(H,22,23,28). The third-order valence-corrected chi connectivity index (χ3v) is 4.61. The molecule has 9 heteroatoms. The third kappa shape index (κ3) is 4.29. The van der Waals surface area contributed by atoms with Crippen molar-refractivity contribution < 1.29 is 13.6 Å². The Morgan fingerprint density at radius 1 is 1.17 bits per heavy atom. The van der Waals surface area contributed by atoms with Gasteiger partial charge in [-0.2, -0.15) is 0 Å². The molecule has 0 aliphatic rings. The first-order valence-corrected chi connectivity index (χ1v) is 9.76. The number of hydrogen-bond donors (Lipinski definition) is 1. The highest BCUT2D eigenvalue weighted by Gasteiger charge is 2.18. The molecule has 0 unspecified atom stereocenters. The normalized spacial score (nSPS) is 11.1. The van der Waals surface area contributed by atoms with Crippen molar-refractivity contribution in [2.24, 2.45) is 0 Å². The van der Waals surface area contributed by atoms with Crippen LogP contribution in [0, 0.1) is 0 Å². The van der Waals surface area contributed by atoms with Crippen molar-refractivity contribution >= 4 is 16.8 Å². The van der Waals surface area contributed by atoms with Gasteiger partial charge in [0.05, 0.1) is 23.7 Å². The van der Waals surface area contributed by atoms with Crippen LogP contribution in [0.3, 0.4) is 0 Å². The smallest absolute Gasteiger partial charge is 0.283 e. The van der Waals surface area contributed by atoms with E-state index in [4.69, 9.17) is 8.83 Å². The van der Waals surface area contributed by atoms with Gasteiger partial charge in [-0.1, -0.05) is 19.1 Å². The van der Waals surface area contributed by atoms with Crippen LogP contribution < -0.4 is 5.56 Å². The number of H-pyrrole nitrogens is 1. The number of carbonyl (C=O) groups excluding carboxylic acids is 1. The quantitative estimate of drug-likeness (QED) is 0.477. The Morgan fingerprint density at radius 3 is 2.83 bits per heavy atom. The maximum atomic E-state index is 12.8. The lowest BCUT2D eigenvalue weighted by Crippen LogP contribution is -2.31. The van der Waals surface area contributed by atoms with Crippen molar-refractivity contribution in [2.75, 3.05) is 6.54 Å². The number of nitrogens with one attached hydrogen (secondary N) is 1. The first kappa shape index (κ1) is 19.6. The minimum atomic E-state index is -0.204. The topological polar surface area (TPSA) is 118 Å². The van der Waals surface area contributed by atoms with Gasteiger partial charge in [0, 0.05) is 19.4 Å². The third-order valence-electron chi connectivity index (χ3n) is 4.61. The summed E-state index contributed by atoms with van der Waals surface area (Å²) in [5.74, 6) is 1.50. The van der Waals surface area contributed by atoms with Crippen molar-refractivity contribution in [3.8, 4) is 11.7 Å². The van der Waals surface area contributed by atoms with Crippen LogP contribution in [0.4, 0.5) is 0 Å². The molecule has 0 fully saturated rings. The zero-order valence-electron chi connectivity index (χ0n) is 16.5. The van der Waals surface area contributed by atoms with Gasteiger partial charge in [0.2, 0.25) is 11.8 Å². The van der Waals surface area contributed by atoms with Crippen molar-refractivity contribution in [1.82, 2.24) is 25.1 Å². The van der Waals surface area contributed by atoms with E-state index < -0.39 is 0 Å². The number of hydrogen-bond acceptors (Lipinski definition) is 7. The van der Waals surface area contributed by atoms with Crippen molar-refractivity contribution in [3.05, 3.63) is 64.7 Å². The Morgan fingerprint density at radius 2 is 2.03 bits per heavy atom. The first-order valence-electron chi connectivity index (χ1n) is 9.76. The highest BCUT2D eigenvalue weighted by atomic mass is 16.4. The molecule has 0 atom stereocenters. The molecule has 0 radical (unpaired) electrons.